The molecule has 3 heterocycles. The number of carbonyl (C=O) groups is 1. The van der Waals surface area contributed by atoms with Gasteiger partial charge in [0.05, 0.1) is 11.9 Å². The number of H-pyrrole nitrogens is 2. The van der Waals surface area contributed by atoms with Crippen molar-refractivity contribution in [3.63, 3.8) is 0 Å². The zero-order valence-electron chi connectivity index (χ0n) is 14.1. The molecule has 1 aromatic carbocycles. The van der Waals surface area contributed by atoms with Gasteiger partial charge in [-0.3, -0.25) is 9.89 Å². The van der Waals surface area contributed by atoms with E-state index in [1.54, 1.807) is 6.20 Å². The standard InChI is InChI=1S/C19H21N5O/c1-13-12-24(10-9-20-13)19(25)17-8-7-16(22-17)15-11-21-23-18(15)14-5-3-2-4-6-14/h2-8,11,13,20,22H,9-10,12H2,1H3,(H,21,23)/t13-/m0/s1. The van der Waals surface area contributed by atoms with Gasteiger partial charge in [0.25, 0.3) is 5.91 Å². The Morgan fingerprint density at radius 3 is 2.84 bits per heavy atom. The molecule has 1 atom stereocenters. The van der Waals surface area contributed by atoms with E-state index in [0.717, 1.165) is 42.1 Å². The molecule has 4 rings (SSSR count). The van der Waals surface area contributed by atoms with E-state index in [0.29, 0.717) is 11.7 Å². The van der Waals surface area contributed by atoms with Crippen molar-refractivity contribution >= 4 is 5.91 Å². The second-order valence-corrected chi connectivity index (χ2v) is 6.42. The Bertz CT molecular complexity index is 867. The lowest BCUT2D eigenvalue weighted by molar-refractivity contribution is 0.0704. The number of nitrogens with one attached hydrogen (secondary N) is 3. The number of nitrogens with zero attached hydrogens (tertiary/aromatic N) is 2. The van der Waals surface area contributed by atoms with Crippen LogP contribution in [0.4, 0.5) is 0 Å². The summed E-state index contributed by atoms with van der Waals surface area (Å²) in [5.41, 5.74) is 4.47. The minimum Gasteiger partial charge on any atom is -0.350 e. The number of piperazine rings is 1. The maximum Gasteiger partial charge on any atom is 0.270 e. The molecule has 0 bridgehead atoms. The number of rotatable bonds is 3. The average Bonchev–Trinajstić information content (AvgIpc) is 3.31. The van der Waals surface area contributed by atoms with Crippen LogP contribution in [0.1, 0.15) is 17.4 Å². The Morgan fingerprint density at radius 1 is 1.20 bits per heavy atom. The first kappa shape index (κ1) is 15.7. The third-order valence-corrected chi connectivity index (χ3v) is 4.56. The van der Waals surface area contributed by atoms with Crippen molar-refractivity contribution in [2.24, 2.45) is 0 Å². The molecule has 0 aliphatic carbocycles. The molecule has 3 N–H and O–H groups in total. The van der Waals surface area contributed by atoms with E-state index in [1.165, 1.54) is 0 Å². The highest BCUT2D eigenvalue weighted by Crippen LogP contribution is 2.29. The molecule has 3 aromatic rings. The highest BCUT2D eigenvalue weighted by molar-refractivity contribution is 5.94. The Kier molecular flexibility index (Phi) is 4.11. The van der Waals surface area contributed by atoms with Crippen molar-refractivity contribution < 1.29 is 4.79 Å². The zero-order valence-corrected chi connectivity index (χ0v) is 14.1. The average molecular weight is 335 g/mol. The molecule has 0 radical (unpaired) electrons. The van der Waals surface area contributed by atoms with E-state index < -0.39 is 0 Å². The van der Waals surface area contributed by atoms with Gasteiger partial charge >= 0.3 is 0 Å². The summed E-state index contributed by atoms with van der Waals surface area (Å²) in [5, 5.41) is 10.6. The van der Waals surface area contributed by atoms with Crippen LogP contribution in [0.25, 0.3) is 22.5 Å². The van der Waals surface area contributed by atoms with E-state index in [1.807, 2.05) is 47.4 Å². The Morgan fingerprint density at radius 2 is 2.04 bits per heavy atom. The van der Waals surface area contributed by atoms with Gasteiger partial charge < -0.3 is 15.2 Å². The molecule has 1 aliphatic rings. The van der Waals surface area contributed by atoms with Gasteiger partial charge in [-0.25, -0.2) is 0 Å². The third kappa shape index (κ3) is 3.08. The minimum absolute atomic E-state index is 0.0457. The first-order valence-electron chi connectivity index (χ1n) is 8.53. The van der Waals surface area contributed by atoms with Crippen LogP contribution < -0.4 is 5.32 Å². The largest absolute Gasteiger partial charge is 0.350 e. The molecule has 2 aromatic heterocycles. The number of hydrogen-bond acceptors (Lipinski definition) is 3. The Balaban J connectivity index is 1.60. The van der Waals surface area contributed by atoms with Crippen LogP contribution in [0.5, 0.6) is 0 Å². The van der Waals surface area contributed by atoms with Crippen molar-refractivity contribution in [3.8, 4) is 22.5 Å². The smallest absolute Gasteiger partial charge is 0.270 e. The normalized spacial score (nSPS) is 17.6. The SMILES string of the molecule is C[C@H]1CN(C(=O)c2ccc(-c3cn[nH]c3-c3ccccc3)[nH]2)CCN1. The summed E-state index contributed by atoms with van der Waals surface area (Å²) in [6.45, 7) is 4.39. The molecule has 128 valence electrons. The predicted molar refractivity (Wildman–Crippen MR) is 97.2 cm³/mol. The number of carbonyl (C=O) groups excluding carboxylic acids is 1. The lowest BCUT2D eigenvalue weighted by Crippen LogP contribution is -2.51. The highest BCUT2D eigenvalue weighted by Gasteiger charge is 2.23. The molecule has 0 unspecified atom stereocenters. The molecule has 1 saturated heterocycles. The summed E-state index contributed by atoms with van der Waals surface area (Å²) in [4.78, 5) is 17.9. The van der Waals surface area contributed by atoms with E-state index in [-0.39, 0.29) is 5.91 Å². The first-order chi connectivity index (χ1) is 12.2. The van der Waals surface area contributed by atoms with Crippen LogP contribution in [-0.4, -0.2) is 51.7 Å². The summed E-state index contributed by atoms with van der Waals surface area (Å²) >= 11 is 0. The van der Waals surface area contributed by atoms with Crippen LogP contribution >= 0.6 is 0 Å². The molecule has 1 amide bonds. The van der Waals surface area contributed by atoms with Crippen molar-refractivity contribution in [2.45, 2.75) is 13.0 Å². The molecule has 6 heteroatoms. The van der Waals surface area contributed by atoms with E-state index >= 15 is 0 Å². The second kappa shape index (κ2) is 6.57. The van der Waals surface area contributed by atoms with Crippen LogP contribution in [0.3, 0.4) is 0 Å². The molecule has 0 saturated carbocycles. The van der Waals surface area contributed by atoms with Gasteiger partial charge in [0, 0.05) is 42.5 Å². The summed E-state index contributed by atoms with van der Waals surface area (Å²) in [7, 11) is 0. The van der Waals surface area contributed by atoms with Crippen LogP contribution in [-0.2, 0) is 0 Å². The lowest BCUT2D eigenvalue weighted by atomic mass is 10.1. The number of aromatic nitrogens is 3. The Hall–Kier alpha value is -2.86. The molecule has 1 fully saturated rings. The first-order valence-corrected chi connectivity index (χ1v) is 8.53. The summed E-state index contributed by atoms with van der Waals surface area (Å²) < 4.78 is 0. The van der Waals surface area contributed by atoms with Gasteiger partial charge in [-0.2, -0.15) is 5.10 Å². The van der Waals surface area contributed by atoms with Crippen molar-refractivity contribution in [3.05, 3.63) is 54.4 Å². The van der Waals surface area contributed by atoms with Crippen LogP contribution in [0.15, 0.2) is 48.7 Å². The maximum absolute atomic E-state index is 12.7. The van der Waals surface area contributed by atoms with Crippen molar-refractivity contribution in [1.29, 1.82) is 0 Å². The second-order valence-electron chi connectivity index (χ2n) is 6.42. The minimum atomic E-state index is 0.0457. The topological polar surface area (TPSA) is 76.8 Å². The van der Waals surface area contributed by atoms with Gasteiger partial charge in [-0.05, 0) is 19.1 Å². The van der Waals surface area contributed by atoms with Gasteiger partial charge in [0.1, 0.15) is 5.69 Å². The third-order valence-electron chi connectivity index (χ3n) is 4.56. The number of hydrogen-bond donors (Lipinski definition) is 3. The Labute approximate surface area is 146 Å². The number of amides is 1. The number of aromatic amines is 2. The fourth-order valence-corrected chi connectivity index (χ4v) is 3.28. The molecule has 25 heavy (non-hydrogen) atoms. The van der Waals surface area contributed by atoms with Crippen LogP contribution in [0, 0.1) is 0 Å². The summed E-state index contributed by atoms with van der Waals surface area (Å²) in [6.07, 6.45) is 1.79. The van der Waals surface area contributed by atoms with Gasteiger partial charge in [-0.15, -0.1) is 0 Å². The number of benzene rings is 1. The van der Waals surface area contributed by atoms with Crippen molar-refractivity contribution in [2.75, 3.05) is 19.6 Å². The van der Waals surface area contributed by atoms with E-state index in [4.69, 9.17) is 0 Å². The molecular weight excluding hydrogens is 314 g/mol. The predicted octanol–water partition coefficient (Wildman–Crippen LogP) is 2.51. The van der Waals surface area contributed by atoms with Crippen LogP contribution in [0.2, 0.25) is 0 Å². The molecule has 0 spiro atoms. The van der Waals surface area contributed by atoms with E-state index in [9.17, 15) is 4.79 Å². The molecule has 1 aliphatic heterocycles. The summed E-state index contributed by atoms with van der Waals surface area (Å²) in [5.74, 6) is 0.0457. The van der Waals surface area contributed by atoms with Crippen molar-refractivity contribution in [1.82, 2.24) is 25.4 Å². The maximum atomic E-state index is 12.7. The van der Waals surface area contributed by atoms with Gasteiger partial charge in [0.15, 0.2) is 0 Å². The molecular formula is C19H21N5O. The zero-order chi connectivity index (χ0) is 17.2. The fourth-order valence-electron chi connectivity index (χ4n) is 3.28. The van der Waals surface area contributed by atoms with Gasteiger partial charge in [0.2, 0.25) is 0 Å². The van der Waals surface area contributed by atoms with Gasteiger partial charge in [-0.1, -0.05) is 30.3 Å². The lowest BCUT2D eigenvalue weighted by Gasteiger charge is -2.31. The fraction of sp³-hybridized carbons (Fsp3) is 0.263. The monoisotopic (exact) mass is 335 g/mol. The molecule has 6 nitrogen and oxygen atoms in total. The van der Waals surface area contributed by atoms with E-state index in [2.05, 4.69) is 27.4 Å². The highest BCUT2D eigenvalue weighted by atomic mass is 16.2. The summed E-state index contributed by atoms with van der Waals surface area (Å²) in [6, 6.07) is 14.2. The quantitative estimate of drug-likeness (QED) is 0.688.